The zero-order valence-corrected chi connectivity index (χ0v) is 14.6. The van der Waals surface area contributed by atoms with E-state index < -0.39 is 0 Å². The number of rotatable bonds is 4. The van der Waals surface area contributed by atoms with Gasteiger partial charge in [0.2, 0.25) is 0 Å². The first-order chi connectivity index (χ1) is 10.5. The van der Waals surface area contributed by atoms with Crippen LogP contribution in [0.15, 0.2) is 12.1 Å². The highest BCUT2D eigenvalue weighted by atomic mass is 35.5. The molecular formula is C17H25ClN2O2. The van der Waals surface area contributed by atoms with Crippen molar-refractivity contribution in [3.8, 4) is 0 Å². The number of likely N-dealkylation sites (tertiary alicyclic amines) is 1. The molecule has 0 amide bonds. The Balaban J connectivity index is 2.36. The van der Waals surface area contributed by atoms with Gasteiger partial charge in [-0.2, -0.15) is 0 Å². The molecule has 0 aromatic heterocycles. The lowest BCUT2D eigenvalue weighted by atomic mass is 9.99. The highest BCUT2D eigenvalue weighted by Gasteiger charge is 2.25. The van der Waals surface area contributed by atoms with Crippen LogP contribution in [0.1, 0.15) is 35.7 Å². The normalized spacial score (nSPS) is 16.6. The lowest BCUT2D eigenvalue weighted by molar-refractivity contribution is 0.0600. The van der Waals surface area contributed by atoms with Gasteiger partial charge in [-0.15, -0.1) is 0 Å². The minimum absolute atomic E-state index is 0.333. The third-order valence-electron chi connectivity index (χ3n) is 4.53. The van der Waals surface area contributed by atoms with E-state index in [2.05, 4.69) is 23.8 Å². The minimum atomic E-state index is -0.333. The molecule has 1 fully saturated rings. The molecule has 0 atom stereocenters. The maximum atomic E-state index is 12.0. The lowest BCUT2D eigenvalue weighted by Crippen LogP contribution is -2.44. The maximum Gasteiger partial charge on any atom is 0.338 e. The average Bonchev–Trinajstić information content (AvgIpc) is 2.52. The molecule has 4 nitrogen and oxygen atoms in total. The molecule has 0 N–H and O–H groups in total. The predicted molar refractivity (Wildman–Crippen MR) is 91.1 cm³/mol. The Bertz CT molecular complexity index is 540. The van der Waals surface area contributed by atoms with Crippen molar-refractivity contribution in [3.63, 3.8) is 0 Å². The Hall–Kier alpha value is -1.26. The first-order valence-corrected chi connectivity index (χ1v) is 8.19. The van der Waals surface area contributed by atoms with Crippen molar-refractivity contribution in [2.45, 2.75) is 32.7 Å². The van der Waals surface area contributed by atoms with Gasteiger partial charge < -0.3 is 14.5 Å². The second-order valence-electron chi connectivity index (χ2n) is 5.91. The van der Waals surface area contributed by atoms with E-state index in [4.69, 9.17) is 16.3 Å². The fraction of sp³-hybridized carbons (Fsp3) is 0.588. The molecule has 0 unspecified atom stereocenters. The van der Waals surface area contributed by atoms with Crippen LogP contribution in [0.3, 0.4) is 0 Å². The maximum absolute atomic E-state index is 12.0. The number of carbonyl (C=O) groups excluding carboxylic acids is 1. The van der Waals surface area contributed by atoms with Crippen LogP contribution in [0.2, 0.25) is 5.02 Å². The van der Waals surface area contributed by atoms with E-state index in [0.717, 1.165) is 43.7 Å². The van der Waals surface area contributed by atoms with Gasteiger partial charge in [0.1, 0.15) is 0 Å². The smallest absolute Gasteiger partial charge is 0.338 e. The zero-order chi connectivity index (χ0) is 16.3. The third-order valence-corrected chi connectivity index (χ3v) is 4.75. The van der Waals surface area contributed by atoms with E-state index in [0.29, 0.717) is 16.6 Å². The molecule has 1 saturated heterocycles. The number of halogens is 1. The number of hydrogen-bond acceptors (Lipinski definition) is 4. The topological polar surface area (TPSA) is 32.8 Å². The summed E-state index contributed by atoms with van der Waals surface area (Å²) in [5, 5.41) is 0.576. The van der Waals surface area contributed by atoms with E-state index in [9.17, 15) is 4.79 Å². The number of anilines is 1. The second kappa shape index (κ2) is 7.34. The van der Waals surface area contributed by atoms with Crippen LogP contribution in [0.5, 0.6) is 0 Å². The Morgan fingerprint density at radius 1 is 1.41 bits per heavy atom. The number of nitrogens with zero attached hydrogens (tertiary/aromatic N) is 2. The molecule has 1 aliphatic heterocycles. The molecule has 122 valence electrons. The molecule has 0 radical (unpaired) electrons. The number of piperidine rings is 1. The Labute approximate surface area is 138 Å². The first-order valence-electron chi connectivity index (χ1n) is 7.81. The van der Waals surface area contributed by atoms with Gasteiger partial charge in [-0.3, -0.25) is 0 Å². The van der Waals surface area contributed by atoms with Gasteiger partial charge in [-0.25, -0.2) is 4.79 Å². The molecule has 1 heterocycles. The van der Waals surface area contributed by atoms with Crippen molar-refractivity contribution in [3.05, 3.63) is 28.3 Å². The molecule has 5 heteroatoms. The summed E-state index contributed by atoms with van der Waals surface area (Å²) in [6, 6.07) is 4.14. The van der Waals surface area contributed by atoms with Gasteiger partial charge >= 0.3 is 5.97 Å². The fourth-order valence-electron chi connectivity index (χ4n) is 3.22. The fourth-order valence-corrected chi connectivity index (χ4v) is 3.43. The van der Waals surface area contributed by atoms with Gasteiger partial charge in [-0.05, 0) is 64.5 Å². The number of carbonyl (C=O) groups is 1. The van der Waals surface area contributed by atoms with Gasteiger partial charge in [-0.1, -0.05) is 11.6 Å². The van der Waals surface area contributed by atoms with E-state index >= 15 is 0 Å². The van der Waals surface area contributed by atoms with Gasteiger partial charge in [0.25, 0.3) is 0 Å². The van der Waals surface area contributed by atoms with Gasteiger partial charge in [0, 0.05) is 23.3 Å². The number of methoxy groups -OCH3 is 1. The molecule has 0 aliphatic carbocycles. The number of benzene rings is 1. The van der Waals surface area contributed by atoms with Crippen LogP contribution < -0.4 is 4.90 Å². The Kier molecular flexibility index (Phi) is 5.70. The standard InChI is InChI=1S/C17H25ClN2O2/c1-5-20(14-6-8-19(3)9-7-14)16-11-13(18)10-15(12(16)2)17(21)22-4/h10-11,14H,5-9H2,1-4H3. The van der Waals surface area contributed by atoms with Crippen LogP contribution in [-0.2, 0) is 4.74 Å². The summed E-state index contributed by atoms with van der Waals surface area (Å²) in [5.74, 6) is -0.333. The molecule has 1 aromatic carbocycles. The summed E-state index contributed by atoms with van der Waals surface area (Å²) in [4.78, 5) is 16.7. The molecule has 1 aliphatic rings. The predicted octanol–water partition coefficient (Wildman–Crippen LogP) is 3.36. The van der Waals surface area contributed by atoms with Crippen molar-refractivity contribution < 1.29 is 9.53 Å². The monoisotopic (exact) mass is 324 g/mol. The van der Waals surface area contributed by atoms with Gasteiger partial charge in [0.05, 0.1) is 12.7 Å². The highest BCUT2D eigenvalue weighted by molar-refractivity contribution is 6.31. The molecule has 2 rings (SSSR count). The first kappa shape index (κ1) is 17.1. The third kappa shape index (κ3) is 3.55. The minimum Gasteiger partial charge on any atom is -0.465 e. The van der Waals surface area contributed by atoms with Gasteiger partial charge in [0.15, 0.2) is 0 Å². The van der Waals surface area contributed by atoms with Crippen LogP contribution in [0.4, 0.5) is 5.69 Å². The van der Waals surface area contributed by atoms with Crippen LogP contribution in [0.25, 0.3) is 0 Å². The summed E-state index contributed by atoms with van der Waals surface area (Å²) in [6.07, 6.45) is 2.26. The Morgan fingerprint density at radius 3 is 2.59 bits per heavy atom. The molecule has 0 spiro atoms. The number of hydrogen-bond donors (Lipinski definition) is 0. The van der Waals surface area contributed by atoms with E-state index in [1.807, 2.05) is 13.0 Å². The summed E-state index contributed by atoms with van der Waals surface area (Å²) < 4.78 is 4.88. The van der Waals surface area contributed by atoms with E-state index in [1.165, 1.54) is 7.11 Å². The average molecular weight is 325 g/mol. The van der Waals surface area contributed by atoms with Crippen LogP contribution in [-0.4, -0.2) is 50.7 Å². The summed E-state index contributed by atoms with van der Waals surface area (Å²) in [6.45, 7) is 7.22. The lowest BCUT2D eigenvalue weighted by Gasteiger charge is -2.39. The van der Waals surface area contributed by atoms with Crippen molar-refractivity contribution in [2.75, 3.05) is 38.7 Å². The number of esters is 1. The van der Waals surface area contributed by atoms with Crippen molar-refractivity contribution in [1.29, 1.82) is 0 Å². The Morgan fingerprint density at radius 2 is 2.05 bits per heavy atom. The molecule has 0 saturated carbocycles. The van der Waals surface area contributed by atoms with Crippen molar-refractivity contribution in [1.82, 2.24) is 4.90 Å². The largest absolute Gasteiger partial charge is 0.465 e. The second-order valence-corrected chi connectivity index (χ2v) is 6.35. The van der Waals surface area contributed by atoms with Crippen molar-refractivity contribution >= 4 is 23.3 Å². The molecular weight excluding hydrogens is 300 g/mol. The summed E-state index contributed by atoms with van der Waals surface area (Å²) >= 11 is 6.24. The van der Waals surface area contributed by atoms with Crippen LogP contribution in [0, 0.1) is 6.92 Å². The highest BCUT2D eigenvalue weighted by Crippen LogP contribution is 2.31. The van der Waals surface area contributed by atoms with Crippen LogP contribution >= 0.6 is 11.6 Å². The van der Waals surface area contributed by atoms with E-state index in [-0.39, 0.29) is 5.97 Å². The van der Waals surface area contributed by atoms with Crippen molar-refractivity contribution in [2.24, 2.45) is 0 Å². The summed E-state index contributed by atoms with van der Waals surface area (Å²) in [7, 11) is 3.56. The number of ether oxygens (including phenoxy) is 1. The van der Waals surface area contributed by atoms with E-state index in [1.54, 1.807) is 6.07 Å². The zero-order valence-electron chi connectivity index (χ0n) is 13.9. The molecule has 0 bridgehead atoms. The SMILES string of the molecule is CCN(c1cc(Cl)cc(C(=O)OC)c1C)C1CCN(C)CC1. The quantitative estimate of drug-likeness (QED) is 0.795. The summed E-state index contributed by atoms with van der Waals surface area (Å²) in [5.41, 5.74) is 2.54. The molecule has 1 aromatic rings. The molecule has 22 heavy (non-hydrogen) atoms.